The molecule has 0 bridgehead atoms. The Labute approximate surface area is 142 Å². The van der Waals surface area contributed by atoms with E-state index in [1.807, 2.05) is 30.3 Å². The summed E-state index contributed by atoms with van der Waals surface area (Å²) in [5, 5.41) is -0.266. The SMILES string of the molecule is O=S(=O)([C@@H]1C[C@H]1c1ccccc1)N1CCc2[nH]cnc2C12CCC2. The van der Waals surface area contributed by atoms with Crippen molar-refractivity contribution < 1.29 is 8.42 Å². The summed E-state index contributed by atoms with van der Waals surface area (Å²) in [6.07, 6.45) is 6.06. The van der Waals surface area contributed by atoms with Crippen molar-refractivity contribution in [1.29, 1.82) is 0 Å². The summed E-state index contributed by atoms with van der Waals surface area (Å²) >= 11 is 0. The van der Waals surface area contributed by atoms with Crippen LogP contribution < -0.4 is 0 Å². The standard InChI is InChI=1S/C18H21N3O2S/c22-24(23,16-11-14(16)13-5-2-1-3-6-13)21-10-7-15-17(20-12-19-15)18(21)8-4-9-18/h1-3,5-6,12,14,16H,4,7-11H2,(H,19,20)/t14-,16+/m0/s1. The Bertz CT molecular complexity index is 871. The monoisotopic (exact) mass is 343 g/mol. The minimum absolute atomic E-state index is 0.147. The molecule has 2 aliphatic carbocycles. The van der Waals surface area contributed by atoms with Gasteiger partial charge in [0.05, 0.1) is 22.8 Å². The largest absolute Gasteiger partial charge is 0.348 e. The van der Waals surface area contributed by atoms with Crippen molar-refractivity contribution in [2.45, 2.75) is 48.8 Å². The Kier molecular flexibility index (Phi) is 3.01. The fraction of sp³-hybridized carbons (Fsp3) is 0.500. The molecule has 5 nitrogen and oxygen atoms in total. The molecule has 2 aromatic rings. The number of sulfonamides is 1. The van der Waals surface area contributed by atoms with Crippen LogP contribution in [0.5, 0.6) is 0 Å². The van der Waals surface area contributed by atoms with Crippen molar-refractivity contribution in [3.05, 3.63) is 53.6 Å². The number of hydrogen-bond donors (Lipinski definition) is 1. The van der Waals surface area contributed by atoms with E-state index in [9.17, 15) is 8.42 Å². The zero-order chi connectivity index (χ0) is 16.4. The Morgan fingerprint density at radius 2 is 2.00 bits per heavy atom. The first-order chi connectivity index (χ1) is 11.6. The van der Waals surface area contributed by atoms with Gasteiger partial charge in [-0.2, -0.15) is 4.31 Å². The lowest BCUT2D eigenvalue weighted by molar-refractivity contribution is 0.0699. The van der Waals surface area contributed by atoms with Gasteiger partial charge in [-0.3, -0.25) is 0 Å². The first-order valence-electron chi connectivity index (χ1n) is 8.72. The topological polar surface area (TPSA) is 66.1 Å². The van der Waals surface area contributed by atoms with Crippen LogP contribution in [0.2, 0.25) is 0 Å². The van der Waals surface area contributed by atoms with Crippen molar-refractivity contribution in [2.75, 3.05) is 6.54 Å². The van der Waals surface area contributed by atoms with Gasteiger partial charge in [0.1, 0.15) is 0 Å². The van der Waals surface area contributed by atoms with Crippen molar-refractivity contribution >= 4 is 10.0 Å². The van der Waals surface area contributed by atoms with Crippen molar-refractivity contribution in [3.8, 4) is 0 Å². The zero-order valence-corrected chi connectivity index (χ0v) is 14.3. The second kappa shape index (κ2) is 4.92. The highest BCUT2D eigenvalue weighted by Crippen LogP contribution is 2.54. The average molecular weight is 343 g/mol. The third-order valence-electron chi connectivity index (χ3n) is 6.03. The predicted molar refractivity (Wildman–Crippen MR) is 91.0 cm³/mol. The number of H-pyrrole nitrogens is 1. The Balaban J connectivity index is 1.48. The van der Waals surface area contributed by atoms with Gasteiger partial charge in [-0.1, -0.05) is 30.3 Å². The molecular formula is C18H21N3O2S. The molecule has 126 valence electrons. The van der Waals surface area contributed by atoms with E-state index in [1.165, 1.54) is 0 Å². The second-order valence-electron chi connectivity index (χ2n) is 7.27. The van der Waals surface area contributed by atoms with Gasteiger partial charge in [-0.25, -0.2) is 13.4 Å². The number of aromatic amines is 1. The molecule has 3 aliphatic rings. The molecule has 2 heterocycles. The van der Waals surface area contributed by atoms with Gasteiger partial charge in [-0.05, 0) is 31.2 Å². The second-order valence-corrected chi connectivity index (χ2v) is 9.35. The van der Waals surface area contributed by atoms with Crippen molar-refractivity contribution in [1.82, 2.24) is 14.3 Å². The third kappa shape index (κ3) is 1.90. The number of nitrogens with one attached hydrogen (secondary N) is 1. The summed E-state index contributed by atoms with van der Waals surface area (Å²) in [6, 6.07) is 10.0. The Hall–Kier alpha value is -1.66. The van der Waals surface area contributed by atoms with Crippen LogP contribution in [-0.2, 0) is 22.0 Å². The van der Waals surface area contributed by atoms with Crippen LogP contribution in [0.4, 0.5) is 0 Å². The number of hydrogen-bond acceptors (Lipinski definition) is 3. The number of nitrogens with zero attached hydrogens (tertiary/aromatic N) is 2. The van der Waals surface area contributed by atoms with Crippen LogP contribution in [0.1, 0.15) is 48.6 Å². The van der Waals surface area contributed by atoms with E-state index in [0.717, 1.165) is 49.1 Å². The number of imidazole rings is 1. The summed E-state index contributed by atoms with van der Waals surface area (Å²) < 4.78 is 28.5. The molecule has 1 aliphatic heterocycles. The van der Waals surface area contributed by atoms with Gasteiger partial charge in [0.2, 0.25) is 10.0 Å². The lowest BCUT2D eigenvalue weighted by atomic mass is 9.72. The first kappa shape index (κ1) is 14.7. The van der Waals surface area contributed by atoms with Gasteiger partial charge in [0.25, 0.3) is 0 Å². The van der Waals surface area contributed by atoms with Gasteiger partial charge in [0, 0.05) is 24.6 Å². The maximum atomic E-state index is 13.4. The van der Waals surface area contributed by atoms with Gasteiger partial charge in [0.15, 0.2) is 0 Å². The van der Waals surface area contributed by atoms with Crippen molar-refractivity contribution in [3.63, 3.8) is 0 Å². The Morgan fingerprint density at radius 3 is 2.71 bits per heavy atom. The van der Waals surface area contributed by atoms with Gasteiger partial charge >= 0.3 is 0 Å². The smallest absolute Gasteiger partial charge is 0.218 e. The average Bonchev–Trinajstić information content (AvgIpc) is 3.24. The zero-order valence-electron chi connectivity index (χ0n) is 13.5. The van der Waals surface area contributed by atoms with Crippen LogP contribution >= 0.6 is 0 Å². The highest BCUT2D eigenvalue weighted by molar-refractivity contribution is 7.90. The number of rotatable bonds is 3. The van der Waals surface area contributed by atoms with Gasteiger partial charge in [-0.15, -0.1) is 0 Å². The fourth-order valence-electron chi connectivity index (χ4n) is 4.54. The summed E-state index contributed by atoms with van der Waals surface area (Å²) in [6.45, 7) is 0.579. The van der Waals surface area contributed by atoms with E-state index in [4.69, 9.17) is 0 Å². The molecule has 1 aromatic carbocycles. The predicted octanol–water partition coefficient (Wildman–Crippen LogP) is 2.53. The van der Waals surface area contributed by atoms with Crippen LogP contribution in [0.15, 0.2) is 36.7 Å². The molecule has 6 heteroatoms. The van der Waals surface area contributed by atoms with Gasteiger partial charge < -0.3 is 4.98 Å². The number of benzene rings is 1. The molecule has 0 unspecified atom stereocenters. The molecule has 1 spiro atoms. The van der Waals surface area contributed by atoms with E-state index in [0.29, 0.717) is 6.54 Å². The molecule has 1 aromatic heterocycles. The summed E-state index contributed by atoms with van der Waals surface area (Å²) in [7, 11) is -3.30. The molecule has 0 saturated heterocycles. The van der Waals surface area contributed by atoms with Crippen LogP contribution in [0.25, 0.3) is 0 Å². The van der Waals surface area contributed by atoms with E-state index in [1.54, 1.807) is 10.6 Å². The highest BCUT2D eigenvalue weighted by atomic mass is 32.2. The maximum Gasteiger partial charge on any atom is 0.218 e. The van der Waals surface area contributed by atoms with Crippen molar-refractivity contribution in [2.24, 2.45) is 0 Å². The quantitative estimate of drug-likeness (QED) is 0.931. The maximum absolute atomic E-state index is 13.4. The minimum atomic E-state index is -3.30. The minimum Gasteiger partial charge on any atom is -0.348 e. The first-order valence-corrected chi connectivity index (χ1v) is 10.2. The van der Waals surface area contributed by atoms with Crippen LogP contribution in [-0.4, -0.2) is 34.5 Å². The molecule has 2 saturated carbocycles. The van der Waals surface area contributed by atoms with E-state index in [2.05, 4.69) is 9.97 Å². The van der Waals surface area contributed by atoms with E-state index < -0.39 is 10.0 Å². The molecule has 0 radical (unpaired) electrons. The third-order valence-corrected chi connectivity index (χ3v) is 8.46. The molecule has 5 rings (SSSR count). The number of aromatic nitrogens is 2. The summed E-state index contributed by atoms with van der Waals surface area (Å²) in [5.74, 6) is 0.147. The molecule has 2 atom stereocenters. The lowest BCUT2D eigenvalue weighted by Gasteiger charge is -2.51. The molecule has 0 amide bonds. The molecular weight excluding hydrogens is 322 g/mol. The Morgan fingerprint density at radius 1 is 1.21 bits per heavy atom. The van der Waals surface area contributed by atoms with Crippen LogP contribution in [0.3, 0.4) is 0 Å². The molecule has 24 heavy (non-hydrogen) atoms. The fourth-order valence-corrected chi connectivity index (χ4v) is 6.99. The summed E-state index contributed by atoms with van der Waals surface area (Å²) in [5.41, 5.74) is 2.86. The molecule has 2 fully saturated rings. The lowest BCUT2D eigenvalue weighted by Crippen LogP contribution is -2.58. The number of fused-ring (bicyclic) bond motifs is 2. The van der Waals surface area contributed by atoms with E-state index >= 15 is 0 Å². The normalized spacial score (nSPS) is 28.3. The molecule has 1 N–H and O–H groups in total. The summed E-state index contributed by atoms with van der Waals surface area (Å²) in [4.78, 5) is 7.69. The van der Waals surface area contributed by atoms with E-state index in [-0.39, 0.29) is 16.7 Å². The van der Waals surface area contributed by atoms with Crippen LogP contribution in [0, 0.1) is 0 Å². The highest BCUT2D eigenvalue weighted by Gasteiger charge is 2.59.